The summed E-state index contributed by atoms with van der Waals surface area (Å²) in [7, 11) is 3.21. The van der Waals surface area contributed by atoms with Crippen LogP contribution in [0.15, 0.2) is 48.5 Å². The number of ether oxygens (including phenoxy) is 4. The van der Waals surface area contributed by atoms with Gasteiger partial charge in [-0.25, -0.2) is 0 Å². The van der Waals surface area contributed by atoms with Gasteiger partial charge in [0.2, 0.25) is 18.6 Å². The van der Waals surface area contributed by atoms with Crippen LogP contribution < -0.4 is 23.8 Å². The van der Waals surface area contributed by atoms with Crippen molar-refractivity contribution in [2.45, 2.75) is 13.5 Å². The van der Waals surface area contributed by atoms with Crippen molar-refractivity contribution >= 4 is 17.6 Å². The molecule has 0 N–H and O–H groups in total. The molecular formula is C28H31N5O6. The molecule has 2 aliphatic rings. The van der Waals surface area contributed by atoms with Gasteiger partial charge < -0.3 is 33.6 Å². The Kier molecular flexibility index (Phi) is 7.67. The van der Waals surface area contributed by atoms with Gasteiger partial charge in [-0.15, -0.1) is 10.2 Å². The minimum Gasteiger partial charge on any atom is -0.497 e. The largest absolute Gasteiger partial charge is 0.497 e. The summed E-state index contributed by atoms with van der Waals surface area (Å²) >= 11 is 0. The highest BCUT2D eigenvalue weighted by Gasteiger charge is 2.25. The van der Waals surface area contributed by atoms with E-state index in [9.17, 15) is 9.59 Å². The van der Waals surface area contributed by atoms with Crippen LogP contribution in [-0.4, -0.2) is 85.5 Å². The zero-order valence-electron chi connectivity index (χ0n) is 22.3. The van der Waals surface area contributed by atoms with Crippen molar-refractivity contribution in [3.63, 3.8) is 0 Å². The smallest absolute Gasteiger partial charge is 0.242 e. The maximum absolute atomic E-state index is 13.1. The zero-order chi connectivity index (χ0) is 27.4. The van der Waals surface area contributed by atoms with Crippen molar-refractivity contribution in [1.82, 2.24) is 20.0 Å². The number of hydrogen-bond donors (Lipinski definition) is 0. The molecular weight excluding hydrogens is 502 g/mol. The first-order valence-corrected chi connectivity index (χ1v) is 12.7. The van der Waals surface area contributed by atoms with Crippen LogP contribution in [0.3, 0.4) is 0 Å². The number of carbonyl (C=O) groups excluding carboxylic acids is 2. The number of amides is 2. The number of benzene rings is 2. The van der Waals surface area contributed by atoms with E-state index in [1.807, 2.05) is 48.5 Å². The van der Waals surface area contributed by atoms with Gasteiger partial charge in [0.05, 0.1) is 19.9 Å². The number of fused-ring (bicyclic) bond motifs is 1. The maximum atomic E-state index is 13.1. The molecule has 0 unspecified atom stereocenters. The highest BCUT2D eigenvalue weighted by molar-refractivity contribution is 5.84. The van der Waals surface area contributed by atoms with Crippen molar-refractivity contribution in [3.05, 3.63) is 54.1 Å². The number of carbonyl (C=O) groups is 2. The molecule has 2 amide bonds. The Hall–Kier alpha value is -4.54. The van der Waals surface area contributed by atoms with E-state index in [1.54, 1.807) is 24.0 Å². The van der Waals surface area contributed by atoms with Crippen molar-refractivity contribution in [1.29, 1.82) is 0 Å². The highest BCUT2D eigenvalue weighted by Crippen LogP contribution is 2.33. The molecule has 11 nitrogen and oxygen atoms in total. The topological polar surface area (TPSA) is 107 Å². The van der Waals surface area contributed by atoms with Gasteiger partial charge in [-0.2, -0.15) is 0 Å². The predicted octanol–water partition coefficient (Wildman–Crippen LogP) is 2.59. The Morgan fingerprint density at radius 2 is 1.72 bits per heavy atom. The average Bonchev–Trinajstić information content (AvgIpc) is 3.44. The first-order chi connectivity index (χ1) is 18.9. The fourth-order valence-corrected chi connectivity index (χ4v) is 4.63. The maximum Gasteiger partial charge on any atom is 0.242 e. The Morgan fingerprint density at radius 3 is 2.41 bits per heavy atom. The third kappa shape index (κ3) is 5.82. The quantitative estimate of drug-likeness (QED) is 0.432. The van der Waals surface area contributed by atoms with Gasteiger partial charge in [0.25, 0.3) is 0 Å². The first kappa shape index (κ1) is 26.1. The van der Waals surface area contributed by atoms with E-state index in [0.717, 1.165) is 16.9 Å². The standard InChI is InChI=1S/C28H31N5O6/c1-19(34)33(16-20-4-8-24-26(14-20)39-18-38-24)17-28(35)32-12-10-31(11-13-32)27-9-7-23(29-30-27)22-6-5-21(36-2)15-25(22)37-3/h4-9,14-15H,10-13,16-18H2,1-3H3. The third-order valence-corrected chi connectivity index (χ3v) is 6.87. The minimum atomic E-state index is -0.163. The summed E-state index contributed by atoms with van der Waals surface area (Å²) in [5.74, 6) is 3.18. The van der Waals surface area contributed by atoms with Crippen LogP contribution in [0.4, 0.5) is 5.82 Å². The summed E-state index contributed by atoms with van der Waals surface area (Å²) in [6.45, 7) is 4.30. The lowest BCUT2D eigenvalue weighted by Crippen LogP contribution is -2.51. The van der Waals surface area contributed by atoms with Crippen molar-refractivity contribution in [3.8, 4) is 34.3 Å². The fourth-order valence-electron chi connectivity index (χ4n) is 4.63. The molecule has 1 fully saturated rings. The Morgan fingerprint density at radius 1 is 0.923 bits per heavy atom. The van der Waals surface area contributed by atoms with Crippen molar-refractivity contribution < 1.29 is 28.5 Å². The number of nitrogens with zero attached hydrogens (tertiary/aromatic N) is 5. The molecule has 3 aromatic rings. The third-order valence-electron chi connectivity index (χ3n) is 6.87. The second-order valence-corrected chi connectivity index (χ2v) is 9.27. The van der Waals surface area contributed by atoms with E-state index in [1.165, 1.54) is 6.92 Å². The summed E-state index contributed by atoms with van der Waals surface area (Å²) < 4.78 is 21.5. The summed E-state index contributed by atoms with van der Waals surface area (Å²) in [4.78, 5) is 30.8. The van der Waals surface area contributed by atoms with E-state index in [2.05, 4.69) is 15.1 Å². The molecule has 1 aromatic heterocycles. The van der Waals surface area contributed by atoms with Crippen LogP contribution in [0.1, 0.15) is 12.5 Å². The first-order valence-electron chi connectivity index (χ1n) is 12.7. The summed E-state index contributed by atoms with van der Waals surface area (Å²) in [6.07, 6.45) is 0. The van der Waals surface area contributed by atoms with Crippen LogP contribution in [0, 0.1) is 0 Å². The van der Waals surface area contributed by atoms with Gasteiger partial charge in [0.1, 0.15) is 18.0 Å². The lowest BCUT2D eigenvalue weighted by atomic mass is 10.1. The Bertz CT molecular complexity index is 1340. The van der Waals surface area contributed by atoms with Crippen molar-refractivity contribution in [2.75, 3.05) is 58.6 Å². The average molecular weight is 534 g/mol. The number of anilines is 1. The monoisotopic (exact) mass is 533 g/mol. The van der Waals surface area contributed by atoms with Crippen molar-refractivity contribution in [2.24, 2.45) is 0 Å². The lowest BCUT2D eigenvalue weighted by Gasteiger charge is -2.36. The molecule has 3 heterocycles. The molecule has 5 rings (SSSR count). The van der Waals surface area contributed by atoms with Gasteiger partial charge in [-0.3, -0.25) is 9.59 Å². The lowest BCUT2D eigenvalue weighted by molar-refractivity contribution is -0.140. The van der Waals surface area contributed by atoms with E-state index >= 15 is 0 Å². The molecule has 0 spiro atoms. The van der Waals surface area contributed by atoms with E-state index in [0.29, 0.717) is 61.4 Å². The number of methoxy groups -OCH3 is 2. The number of piperazine rings is 1. The number of rotatable bonds is 8. The van der Waals surface area contributed by atoms with Crippen LogP contribution in [-0.2, 0) is 16.1 Å². The van der Waals surface area contributed by atoms with E-state index in [-0.39, 0.29) is 25.2 Å². The van der Waals surface area contributed by atoms with Crippen LogP contribution in [0.5, 0.6) is 23.0 Å². The van der Waals surface area contributed by atoms with Gasteiger partial charge in [-0.1, -0.05) is 6.07 Å². The van der Waals surface area contributed by atoms with Gasteiger partial charge in [0.15, 0.2) is 17.3 Å². The normalized spacial score (nSPS) is 14.2. The molecule has 2 aliphatic heterocycles. The Labute approximate surface area is 226 Å². The highest BCUT2D eigenvalue weighted by atomic mass is 16.7. The van der Waals surface area contributed by atoms with Gasteiger partial charge in [0, 0.05) is 51.3 Å². The van der Waals surface area contributed by atoms with E-state index in [4.69, 9.17) is 18.9 Å². The van der Waals surface area contributed by atoms with E-state index < -0.39 is 0 Å². The van der Waals surface area contributed by atoms with Crippen LogP contribution in [0.2, 0.25) is 0 Å². The van der Waals surface area contributed by atoms with Gasteiger partial charge in [-0.05, 0) is 42.0 Å². The molecule has 0 bridgehead atoms. The van der Waals surface area contributed by atoms with Crippen LogP contribution >= 0.6 is 0 Å². The minimum absolute atomic E-state index is 0.0158. The molecule has 2 aromatic carbocycles. The zero-order valence-corrected chi connectivity index (χ0v) is 22.3. The SMILES string of the molecule is COc1ccc(-c2ccc(N3CCN(C(=O)CN(Cc4ccc5c(c4)OCO5)C(C)=O)CC3)nn2)c(OC)c1. The van der Waals surface area contributed by atoms with Gasteiger partial charge >= 0.3 is 0 Å². The number of aromatic nitrogens is 2. The molecule has 1 saturated heterocycles. The molecule has 204 valence electrons. The predicted molar refractivity (Wildman–Crippen MR) is 143 cm³/mol. The molecule has 0 aliphatic carbocycles. The second-order valence-electron chi connectivity index (χ2n) is 9.27. The second kappa shape index (κ2) is 11.5. The molecule has 11 heteroatoms. The molecule has 0 saturated carbocycles. The number of hydrogen-bond acceptors (Lipinski definition) is 9. The fraction of sp³-hybridized carbons (Fsp3) is 0.357. The summed E-state index contributed by atoms with van der Waals surface area (Å²) in [6, 6.07) is 14.9. The Balaban J connectivity index is 1.17. The summed E-state index contributed by atoms with van der Waals surface area (Å²) in [5.41, 5.74) is 2.39. The molecule has 0 atom stereocenters. The molecule has 0 radical (unpaired) electrons. The summed E-state index contributed by atoms with van der Waals surface area (Å²) in [5, 5.41) is 8.83. The molecule has 39 heavy (non-hydrogen) atoms. The van der Waals surface area contributed by atoms with Crippen LogP contribution in [0.25, 0.3) is 11.3 Å².